The van der Waals surface area contributed by atoms with Gasteiger partial charge in [0, 0.05) is 0 Å². The Bertz CT molecular complexity index is 308. The molecular formula is C3HN5O4. The monoisotopic (exact) mass is 171 g/mol. The molecule has 0 amide bonds. The first-order valence-corrected chi connectivity index (χ1v) is 2.60. The molecule has 0 aliphatic rings. The van der Waals surface area contributed by atoms with Crippen LogP contribution >= 0.6 is 0 Å². The first-order valence-electron chi connectivity index (χ1n) is 2.60. The van der Waals surface area contributed by atoms with Crippen molar-refractivity contribution in [3.8, 4) is 0 Å². The predicted octanol–water partition coefficient (Wildman–Crippen LogP) is -0.312. The third-order valence-electron chi connectivity index (χ3n) is 0.927. The van der Waals surface area contributed by atoms with E-state index in [2.05, 4.69) is 15.4 Å². The maximum atomic E-state index is 10.0. The van der Waals surface area contributed by atoms with Crippen LogP contribution in [0.5, 0.6) is 0 Å². The molecular weight excluding hydrogens is 170 g/mol. The number of hydrogen-bond acceptors (Lipinski definition) is 7. The van der Waals surface area contributed by atoms with E-state index in [0.717, 1.165) is 0 Å². The topological polar surface area (TPSA) is 125 Å². The summed E-state index contributed by atoms with van der Waals surface area (Å²) in [6, 6.07) is 0.632. The van der Waals surface area contributed by atoms with Crippen LogP contribution in [-0.2, 0) is 0 Å². The Morgan fingerprint density at radius 1 is 1.08 bits per heavy atom. The van der Waals surface area contributed by atoms with E-state index in [0.29, 0.717) is 6.07 Å². The number of aromatic nitrogens is 3. The minimum absolute atomic E-state index is 0.632. The molecule has 1 heterocycles. The molecule has 1 aromatic rings. The number of hydrogen-bond donors (Lipinski definition) is 0. The molecule has 9 nitrogen and oxygen atoms in total. The van der Waals surface area contributed by atoms with Gasteiger partial charge in [0.05, 0.1) is 0 Å². The largest absolute Gasteiger partial charge is 0.403 e. The highest BCUT2D eigenvalue weighted by Crippen LogP contribution is 2.10. The van der Waals surface area contributed by atoms with Gasteiger partial charge in [-0.15, -0.1) is 0 Å². The van der Waals surface area contributed by atoms with Crippen LogP contribution in [0.25, 0.3) is 0 Å². The van der Waals surface area contributed by atoms with Crippen LogP contribution in [0.2, 0.25) is 0 Å². The maximum Gasteiger partial charge on any atom is 0.403 e. The van der Waals surface area contributed by atoms with Crippen molar-refractivity contribution in [2.45, 2.75) is 0 Å². The van der Waals surface area contributed by atoms with Gasteiger partial charge in [-0.1, -0.05) is 0 Å². The zero-order valence-corrected chi connectivity index (χ0v) is 5.45. The molecule has 0 saturated carbocycles. The molecule has 0 N–H and O–H groups in total. The molecule has 0 spiro atoms. The van der Waals surface area contributed by atoms with Crippen LogP contribution in [0, 0.1) is 20.2 Å². The van der Waals surface area contributed by atoms with Crippen LogP contribution in [0.1, 0.15) is 0 Å². The molecule has 1 rings (SSSR count). The molecule has 0 aliphatic heterocycles. The van der Waals surface area contributed by atoms with E-state index in [-0.39, 0.29) is 0 Å². The lowest BCUT2D eigenvalue weighted by molar-refractivity contribution is -0.401. The fourth-order valence-electron chi connectivity index (χ4n) is 0.466. The predicted molar refractivity (Wildman–Crippen MR) is 33.1 cm³/mol. The summed E-state index contributed by atoms with van der Waals surface area (Å²) in [5.41, 5.74) is 0. The van der Waals surface area contributed by atoms with Crippen LogP contribution in [0.3, 0.4) is 0 Å². The van der Waals surface area contributed by atoms with E-state index in [1.54, 1.807) is 0 Å². The van der Waals surface area contributed by atoms with E-state index in [1.165, 1.54) is 0 Å². The summed E-state index contributed by atoms with van der Waals surface area (Å²) in [5, 5.41) is 28.8. The fraction of sp³-hybridized carbons (Fsp3) is 0. The number of nitro groups is 2. The van der Waals surface area contributed by atoms with Gasteiger partial charge in [0.25, 0.3) is 0 Å². The van der Waals surface area contributed by atoms with Crippen LogP contribution in [-0.4, -0.2) is 25.3 Å². The first kappa shape index (κ1) is 7.91. The molecule has 0 atom stereocenters. The molecule has 1 aromatic heterocycles. The summed E-state index contributed by atoms with van der Waals surface area (Å²) < 4.78 is 0. The average Bonchev–Trinajstić information content (AvgIpc) is 2.04. The van der Waals surface area contributed by atoms with Crippen molar-refractivity contribution >= 4 is 11.6 Å². The van der Waals surface area contributed by atoms with Gasteiger partial charge in [0.1, 0.15) is 16.3 Å². The van der Waals surface area contributed by atoms with Crippen LogP contribution in [0.15, 0.2) is 6.07 Å². The second-order valence-corrected chi connectivity index (χ2v) is 1.66. The standard InChI is InChI=1S/C3HN5O4/c9-7(10)2-1-3(8(11)12)5-6-4-2/h1H. The lowest BCUT2D eigenvalue weighted by Gasteiger charge is -1.88. The Morgan fingerprint density at radius 2 is 1.50 bits per heavy atom. The van der Waals surface area contributed by atoms with Crippen molar-refractivity contribution in [1.29, 1.82) is 0 Å². The molecule has 9 heteroatoms. The number of nitrogens with zero attached hydrogens (tertiary/aromatic N) is 5. The summed E-state index contributed by atoms with van der Waals surface area (Å²) in [6.45, 7) is 0. The van der Waals surface area contributed by atoms with Crippen molar-refractivity contribution in [2.75, 3.05) is 0 Å². The quantitative estimate of drug-likeness (QED) is 0.441. The van der Waals surface area contributed by atoms with Crippen LogP contribution in [0.4, 0.5) is 11.6 Å². The van der Waals surface area contributed by atoms with Crippen molar-refractivity contribution in [1.82, 2.24) is 15.4 Å². The molecule has 0 bridgehead atoms. The molecule has 0 fully saturated rings. The third-order valence-corrected chi connectivity index (χ3v) is 0.927. The molecule has 0 aliphatic carbocycles. The molecule has 0 saturated heterocycles. The summed E-state index contributed by atoms with van der Waals surface area (Å²) >= 11 is 0. The molecule has 0 unspecified atom stereocenters. The smallest absolute Gasteiger partial charge is 0.358 e. The van der Waals surface area contributed by atoms with Crippen molar-refractivity contribution in [3.05, 3.63) is 26.3 Å². The summed E-state index contributed by atoms with van der Waals surface area (Å²) in [5.74, 6) is -1.39. The van der Waals surface area contributed by atoms with E-state index >= 15 is 0 Å². The summed E-state index contributed by atoms with van der Waals surface area (Å²) in [4.78, 5) is 18.3. The Kier molecular flexibility index (Phi) is 1.86. The Balaban J connectivity index is 3.12. The normalized spacial score (nSPS) is 9.33. The second-order valence-electron chi connectivity index (χ2n) is 1.66. The molecule has 12 heavy (non-hydrogen) atoms. The van der Waals surface area contributed by atoms with E-state index < -0.39 is 21.5 Å². The minimum Gasteiger partial charge on any atom is -0.358 e. The molecule has 0 aromatic carbocycles. The van der Waals surface area contributed by atoms with Gasteiger partial charge in [-0.25, -0.2) is 0 Å². The second kappa shape index (κ2) is 2.82. The maximum absolute atomic E-state index is 10.0. The van der Waals surface area contributed by atoms with Crippen molar-refractivity contribution < 1.29 is 9.85 Å². The van der Waals surface area contributed by atoms with Gasteiger partial charge in [0.2, 0.25) is 0 Å². The number of rotatable bonds is 2. The van der Waals surface area contributed by atoms with Gasteiger partial charge in [-0.2, -0.15) is 0 Å². The van der Waals surface area contributed by atoms with E-state index in [1.807, 2.05) is 0 Å². The van der Waals surface area contributed by atoms with Crippen LogP contribution < -0.4 is 0 Å². The van der Waals surface area contributed by atoms with Crippen molar-refractivity contribution in [3.63, 3.8) is 0 Å². The summed E-state index contributed by atoms with van der Waals surface area (Å²) in [6.07, 6.45) is 0. The highest BCUT2D eigenvalue weighted by molar-refractivity contribution is 5.26. The fourth-order valence-corrected chi connectivity index (χ4v) is 0.466. The Labute approximate surface area is 64.3 Å². The first-order chi connectivity index (χ1) is 5.61. The SMILES string of the molecule is O=[N+]([O-])c1cc([N+](=O)[O-])nnn1. The van der Waals surface area contributed by atoms with Gasteiger partial charge in [-0.3, -0.25) is 0 Å². The third kappa shape index (κ3) is 1.45. The Morgan fingerprint density at radius 3 is 1.83 bits per heavy atom. The highest BCUT2D eigenvalue weighted by Gasteiger charge is 2.18. The van der Waals surface area contributed by atoms with Gasteiger partial charge in [0.15, 0.2) is 5.21 Å². The zero-order chi connectivity index (χ0) is 9.14. The highest BCUT2D eigenvalue weighted by atomic mass is 16.6. The van der Waals surface area contributed by atoms with Crippen molar-refractivity contribution in [2.24, 2.45) is 0 Å². The average molecular weight is 171 g/mol. The lowest BCUT2D eigenvalue weighted by Crippen LogP contribution is -2.00. The van der Waals surface area contributed by atoms with E-state index in [9.17, 15) is 20.2 Å². The molecule has 62 valence electrons. The summed E-state index contributed by atoms with van der Waals surface area (Å²) in [7, 11) is 0. The van der Waals surface area contributed by atoms with Gasteiger partial charge >= 0.3 is 11.6 Å². The lowest BCUT2D eigenvalue weighted by atomic mass is 10.6. The zero-order valence-electron chi connectivity index (χ0n) is 5.45. The van der Waals surface area contributed by atoms with Gasteiger partial charge in [-0.05, 0) is 9.85 Å². The van der Waals surface area contributed by atoms with E-state index in [4.69, 9.17) is 0 Å². The minimum atomic E-state index is -0.887. The Hall–Kier alpha value is -2.19. The van der Waals surface area contributed by atoms with Gasteiger partial charge < -0.3 is 20.2 Å². The molecule has 0 radical (unpaired) electrons.